The fourth-order valence-electron chi connectivity index (χ4n) is 2.18. The summed E-state index contributed by atoms with van der Waals surface area (Å²) in [6, 6.07) is 10.4. The highest BCUT2D eigenvalue weighted by atomic mass is 19.1. The van der Waals surface area contributed by atoms with Crippen molar-refractivity contribution in [2.24, 2.45) is 0 Å². The third-order valence-corrected chi connectivity index (χ3v) is 2.98. The van der Waals surface area contributed by atoms with Crippen LogP contribution in [-0.4, -0.2) is 11.1 Å². The lowest BCUT2D eigenvalue weighted by Gasteiger charge is -2.17. The number of carboxylic acid groups (broad SMARTS) is 1. The van der Waals surface area contributed by atoms with E-state index in [1.165, 1.54) is 24.3 Å². The van der Waals surface area contributed by atoms with Crippen molar-refractivity contribution in [2.75, 3.05) is 5.32 Å². The zero-order chi connectivity index (χ0) is 14.7. The maximum absolute atomic E-state index is 12.9. The predicted octanol–water partition coefficient (Wildman–Crippen LogP) is 3.68. The summed E-state index contributed by atoms with van der Waals surface area (Å²) < 4.78 is 12.9. The van der Waals surface area contributed by atoms with Crippen molar-refractivity contribution in [1.82, 2.24) is 0 Å². The number of hydrogen-bond donors (Lipinski definition) is 2. The Morgan fingerprint density at radius 3 is 2.15 bits per heavy atom. The van der Waals surface area contributed by atoms with Gasteiger partial charge >= 0.3 is 5.97 Å². The third-order valence-electron chi connectivity index (χ3n) is 2.98. The Morgan fingerprint density at radius 1 is 1.10 bits per heavy atom. The van der Waals surface area contributed by atoms with Gasteiger partial charge < -0.3 is 10.4 Å². The van der Waals surface area contributed by atoms with Gasteiger partial charge in [-0.1, -0.05) is 29.3 Å². The molecule has 0 aromatic heterocycles. The van der Waals surface area contributed by atoms with Crippen molar-refractivity contribution < 1.29 is 14.3 Å². The molecule has 0 spiro atoms. The van der Waals surface area contributed by atoms with Crippen LogP contribution in [-0.2, 0) is 4.79 Å². The van der Waals surface area contributed by atoms with Crippen molar-refractivity contribution in [3.05, 3.63) is 65.0 Å². The topological polar surface area (TPSA) is 49.3 Å². The molecule has 4 heteroatoms. The first-order valence-electron chi connectivity index (χ1n) is 6.29. The molecule has 0 saturated heterocycles. The van der Waals surface area contributed by atoms with Gasteiger partial charge in [0.25, 0.3) is 0 Å². The second kappa shape index (κ2) is 5.74. The van der Waals surface area contributed by atoms with Gasteiger partial charge in [-0.05, 0) is 43.7 Å². The molecule has 1 atom stereocenters. The molecule has 3 nitrogen and oxygen atoms in total. The minimum absolute atomic E-state index is 0.353. The summed E-state index contributed by atoms with van der Waals surface area (Å²) in [7, 11) is 0. The van der Waals surface area contributed by atoms with E-state index >= 15 is 0 Å². The molecule has 2 aromatic carbocycles. The lowest BCUT2D eigenvalue weighted by molar-refractivity contribution is -0.138. The van der Waals surface area contributed by atoms with Crippen LogP contribution < -0.4 is 5.32 Å². The van der Waals surface area contributed by atoms with Gasteiger partial charge in [0.2, 0.25) is 0 Å². The van der Waals surface area contributed by atoms with Crippen LogP contribution in [0.1, 0.15) is 22.7 Å². The maximum Gasteiger partial charge on any atom is 0.330 e. The molecule has 0 aliphatic carbocycles. The highest BCUT2D eigenvalue weighted by Gasteiger charge is 2.20. The fourth-order valence-corrected chi connectivity index (χ4v) is 2.18. The molecule has 0 saturated carbocycles. The third kappa shape index (κ3) is 3.35. The minimum atomic E-state index is -0.973. The normalized spacial score (nSPS) is 11.9. The lowest BCUT2D eigenvalue weighted by Crippen LogP contribution is -2.20. The Kier molecular flexibility index (Phi) is 4.03. The van der Waals surface area contributed by atoms with Crippen LogP contribution in [0.25, 0.3) is 0 Å². The average molecular weight is 273 g/mol. The van der Waals surface area contributed by atoms with Crippen LogP contribution in [0.5, 0.6) is 0 Å². The molecule has 0 aliphatic rings. The van der Waals surface area contributed by atoms with Gasteiger partial charge in [0, 0.05) is 5.69 Å². The first-order chi connectivity index (χ1) is 9.45. The molecule has 0 heterocycles. The number of aryl methyl sites for hydroxylation is 2. The molecule has 2 rings (SSSR count). The summed E-state index contributed by atoms with van der Waals surface area (Å²) >= 11 is 0. The van der Waals surface area contributed by atoms with Crippen molar-refractivity contribution >= 4 is 11.7 Å². The molecule has 1 unspecified atom stereocenters. The molecule has 0 radical (unpaired) electrons. The number of nitrogens with one attached hydrogen (secondary N) is 1. The zero-order valence-electron chi connectivity index (χ0n) is 11.4. The number of rotatable bonds is 4. The van der Waals surface area contributed by atoms with Crippen LogP contribution in [0.15, 0.2) is 42.5 Å². The minimum Gasteiger partial charge on any atom is -0.479 e. The number of benzene rings is 2. The van der Waals surface area contributed by atoms with Gasteiger partial charge in [-0.15, -0.1) is 0 Å². The maximum atomic E-state index is 12.9. The highest BCUT2D eigenvalue weighted by molar-refractivity contribution is 5.79. The van der Waals surface area contributed by atoms with E-state index in [1.807, 2.05) is 32.0 Å². The van der Waals surface area contributed by atoms with Crippen LogP contribution in [0, 0.1) is 19.7 Å². The Hall–Kier alpha value is -2.36. The van der Waals surface area contributed by atoms with E-state index in [4.69, 9.17) is 0 Å². The van der Waals surface area contributed by atoms with E-state index < -0.39 is 12.0 Å². The molecule has 0 fully saturated rings. The SMILES string of the molecule is Cc1cc(C)cc(C(Nc2ccc(F)cc2)C(=O)O)c1. The van der Waals surface area contributed by atoms with E-state index in [1.54, 1.807) is 0 Å². The Labute approximate surface area is 117 Å². The smallest absolute Gasteiger partial charge is 0.330 e. The number of carboxylic acids is 1. The molecule has 2 N–H and O–H groups in total. The van der Waals surface area contributed by atoms with Crippen LogP contribution >= 0.6 is 0 Å². The van der Waals surface area contributed by atoms with Crippen LogP contribution in [0.4, 0.5) is 10.1 Å². The molecule has 104 valence electrons. The van der Waals surface area contributed by atoms with E-state index in [-0.39, 0.29) is 5.82 Å². The zero-order valence-corrected chi connectivity index (χ0v) is 11.4. The molecular formula is C16H16FNO2. The molecule has 2 aromatic rings. The summed E-state index contributed by atoms with van der Waals surface area (Å²) in [5.41, 5.74) is 3.26. The summed E-state index contributed by atoms with van der Waals surface area (Å²) in [6.45, 7) is 3.85. The summed E-state index contributed by atoms with van der Waals surface area (Å²) in [4.78, 5) is 11.5. The Bertz CT molecular complexity index is 603. The van der Waals surface area contributed by atoms with E-state index in [9.17, 15) is 14.3 Å². The van der Waals surface area contributed by atoms with Crippen molar-refractivity contribution in [3.63, 3.8) is 0 Å². The summed E-state index contributed by atoms with van der Waals surface area (Å²) in [5.74, 6) is -1.33. The van der Waals surface area contributed by atoms with Crippen molar-refractivity contribution in [1.29, 1.82) is 0 Å². The summed E-state index contributed by atoms with van der Waals surface area (Å²) in [5, 5.41) is 12.3. The van der Waals surface area contributed by atoms with Crippen LogP contribution in [0.3, 0.4) is 0 Å². The monoisotopic (exact) mass is 273 g/mol. The largest absolute Gasteiger partial charge is 0.479 e. The first kappa shape index (κ1) is 14.1. The highest BCUT2D eigenvalue weighted by Crippen LogP contribution is 2.22. The lowest BCUT2D eigenvalue weighted by atomic mass is 10.0. The molecule has 0 bridgehead atoms. The van der Waals surface area contributed by atoms with Gasteiger partial charge in [0.1, 0.15) is 5.82 Å². The average Bonchev–Trinajstić information content (AvgIpc) is 2.36. The van der Waals surface area contributed by atoms with Crippen molar-refractivity contribution in [2.45, 2.75) is 19.9 Å². The molecule has 0 aliphatic heterocycles. The molecule has 20 heavy (non-hydrogen) atoms. The first-order valence-corrected chi connectivity index (χ1v) is 6.29. The van der Waals surface area contributed by atoms with Gasteiger partial charge in [-0.3, -0.25) is 0 Å². The Morgan fingerprint density at radius 2 is 1.65 bits per heavy atom. The second-order valence-corrected chi connectivity index (χ2v) is 4.84. The quantitative estimate of drug-likeness (QED) is 0.893. The van der Waals surface area contributed by atoms with Crippen LogP contribution in [0.2, 0.25) is 0 Å². The number of carbonyl (C=O) groups is 1. The van der Waals surface area contributed by atoms with Gasteiger partial charge in [-0.25, -0.2) is 9.18 Å². The number of aliphatic carboxylic acids is 1. The Balaban J connectivity index is 2.31. The predicted molar refractivity (Wildman–Crippen MR) is 76.3 cm³/mol. The number of halogens is 1. The summed E-state index contributed by atoms with van der Waals surface area (Å²) in [6.07, 6.45) is 0. The number of hydrogen-bond acceptors (Lipinski definition) is 2. The van der Waals surface area contributed by atoms with Gasteiger partial charge in [0.05, 0.1) is 0 Å². The number of anilines is 1. The second-order valence-electron chi connectivity index (χ2n) is 4.84. The molecule has 0 amide bonds. The van der Waals surface area contributed by atoms with E-state index in [0.29, 0.717) is 11.3 Å². The molecular weight excluding hydrogens is 257 g/mol. The van der Waals surface area contributed by atoms with Gasteiger partial charge in [0.15, 0.2) is 6.04 Å². The standard InChI is InChI=1S/C16H16FNO2/c1-10-7-11(2)9-12(8-10)15(16(19)20)18-14-5-3-13(17)4-6-14/h3-9,15,18H,1-2H3,(H,19,20). The van der Waals surface area contributed by atoms with E-state index in [0.717, 1.165) is 11.1 Å². The van der Waals surface area contributed by atoms with Gasteiger partial charge in [-0.2, -0.15) is 0 Å². The van der Waals surface area contributed by atoms with Crippen molar-refractivity contribution in [3.8, 4) is 0 Å². The fraction of sp³-hybridized carbons (Fsp3) is 0.188. The van der Waals surface area contributed by atoms with E-state index in [2.05, 4.69) is 5.32 Å².